The molecule has 0 aliphatic heterocycles. The average Bonchev–Trinajstić information content (AvgIpc) is 3.12. The molecule has 0 heterocycles. The molecule has 0 N–H and O–H groups in total. The summed E-state index contributed by atoms with van der Waals surface area (Å²) >= 11 is 0. The Kier molecular flexibility index (Phi) is 37.0. The zero-order chi connectivity index (χ0) is 37.1. The third kappa shape index (κ3) is 40.1. The van der Waals surface area contributed by atoms with Crippen molar-refractivity contribution in [1.82, 2.24) is 0 Å². The molecule has 0 saturated carbocycles. The van der Waals surface area contributed by atoms with Gasteiger partial charge in [0.2, 0.25) is 0 Å². The fourth-order valence-electron chi connectivity index (χ4n) is 4.28. The summed E-state index contributed by atoms with van der Waals surface area (Å²) in [4.78, 5) is 24.1. The highest BCUT2D eigenvalue weighted by molar-refractivity contribution is 5.70. The van der Waals surface area contributed by atoms with Gasteiger partial charge in [-0.2, -0.15) is 0 Å². The number of esters is 2. The summed E-state index contributed by atoms with van der Waals surface area (Å²) in [6.45, 7) is 6.12. The van der Waals surface area contributed by atoms with Gasteiger partial charge in [-0.25, -0.2) is 0 Å². The molecule has 1 atom stereocenters. The summed E-state index contributed by atoms with van der Waals surface area (Å²) < 4.78 is 10.6. The van der Waals surface area contributed by atoms with E-state index in [9.17, 15) is 9.59 Å². The number of rotatable bonds is 31. The lowest BCUT2D eigenvalue weighted by Gasteiger charge is -2.13. The Morgan fingerprint density at radius 3 is 0.941 bits per heavy atom. The topological polar surface area (TPSA) is 52.6 Å². The van der Waals surface area contributed by atoms with Crippen molar-refractivity contribution >= 4 is 11.9 Å². The Morgan fingerprint density at radius 1 is 0.392 bits per heavy atom. The van der Waals surface area contributed by atoms with Crippen LogP contribution in [0.1, 0.15) is 124 Å². The van der Waals surface area contributed by atoms with Crippen molar-refractivity contribution < 1.29 is 19.1 Å². The summed E-state index contributed by atoms with van der Waals surface area (Å²) in [6, 6.07) is 0. The van der Waals surface area contributed by atoms with Gasteiger partial charge < -0.3 is 9.47 Å². The molecule has 0 radical (unpaired) electrons. The number of hydrogen-bond acceptors (Lipinski definition) is 4. The Labute approximate surface area is 312 Å². The first-order valence-corrected chi connectivity index (χ1v) is 19.2. The first-order chi connectivity index (χ1) is 25.1. The van der Waals surface area contributed by atoms with Crippen LogP contribution in [0.5, 0.6) is 0 Å². The predicted molar refractivity (Wildman–Crippen MR) is 221 cm³/mol. The number of hydrogen-bond donors (Lipinski definition) is 0. The monoisotopic (exact) mass is 697 g/mol. The van der Waals surface area contributed by atoms with Crippen molar-refractivity contribution in [2.45, 2.75) is 130 Å². The number of carbonyl (C=O) groups is 2. The Balaban J connectivity index is 3.77. The molecule has 0 aromatic heterocycles. The highest BCUT2D eigenvalue weighted by Gasteiger charge is 2.11. The smallest absolute Gasteiger partial charge is 0.306 e. The van der Waals surface area contributed by atoms with Crippen LogP contribution < -0.4 is 0 Å². The van der Waals surface area contributed by atoms with Crippen LogP contribution >= 0.6 is 0 Å². The Bertz CT molecular complexity index is 1200. The van der Waals surface area contributed by atoms with Gasteiger partial charge >= 0.3 is 11.9 Å². The molecule has 0 aliphatic rings. The second-order valence-electron chi connectivity index (χ2n) is 11.9. The van der Waals surface area contributed by atoms with Crippen LogP contribution in [0, 0.1) is 0 Å². The van der Waals surface area contributed by atoms with Gasteiger partial charge in [-0.15, -0.1) is 0 Å². The van der Waals surface area contributed by atoms with Crippen LogP contribution in [0.4, 0.5) is 0 Å². The molecule has 0 aliphatic carbocycles. The minimum absolute atomic E-state index is 0.0776. The molecule has 4 nitrogen and oxygen atoms in total. The molecular weight excluding hydrogens is 629 g/mol. The minimum Gasteiger partial charge on any atom is -0.462 e. The van der Waals surface area contributed by atoms with Crippen molar-refractivity contribution in [2.24, 2.45) is 0 Å². The zero-order valence-electron chi connectivity index (χ0n) is 32.1. The largest absolute Gasteiger partial charge is 0.462 e. The van der Waals surface area contributed by atoms with Gasteiger partial charge in [0, 0.05) is 12.8 Å². The summed E-state index contributed by atoms with van der Waals surface area (Å²) in [6.07, 6.45) is 64.9. The minimum atomic E-state index is -0.461. The molecule has 0 bridgehead atoms. The number of carbonyl (C=O) groups excluding carboxylic acids is 2. The Morgan fingerprint density at radius 2 is 0.647 bits per heavy atom. The number of ether oxygens (including phenoxy) is 2. The van der Waals surface area contributed by atoms with E-state index in [1.807, 2.05) is 12.2 Å². The molecule has 0 fully saturated rings. The van der Waals surface area contributed by atoms with E-state index in [1.54, 1.807) is 6.92 Å². The molecule has 280 valence electrons. The first-order valence-electron chi connectivity index (χ1n) is 19.2. The van der Waals surface area contributed by atoms with Crippen LogP contribution in [0.15, 0.2) is 146 Å². The van der Waals surface area contributed by atoms with Gasteiger partial charge in [0.25, 0.3) is 0 Å². The average molecular weight is 697 g/mol. The third-order valence-electron chi connectivity index (χ3n) is 7.03. The molecule has 0 amide bonds. The van der Waals surface area contributed by atoms with E-state index < -0.39 is 6.10 Å². The molecule has 0 aromatic carbocycles. The third-order valence-corrected chi connectivity index (χ3v) is 7.03. The van der Waals surface area contributed by atoms with Crippen molar-refractivity contribution in [3.05, 3.63) is 146 Å². The van der Waals surface area contributed by atoms with Crippen LogP contribution in [-0.2, 0) is 19.1 Å². The Hall–Kier alpha value is -4.18. The summed E-state index contributed by atoms with van der Waals surface area (Å²) in [5, 5.41) is 0. The molecule has 0 saturated heterocycles. The quantitative estimate of drug-likeness (QED) is 0.0535. The highest BCUT2D eigenvalue weighted by Crippen LogP contribution is 2.04. The molecular formula is C47H68O4. The molecule has 1 unspecified atom stereocenters. The summed E-state index contributed by atoms with van der Waals surface area (Å²) in [5.41, 5.74) is 0. The van der Waals surface area contributed by atoms with Crippen molar-refractivity contribution in [1.29, 1.82) is 0 Å². The van der Waals surface area contributed by atoms with Crippen LogP contribution in [0.3, 0.4) is 0 Å². The molecule has 51 heavy (non-hydrogen) atoms. The molecule has 0 rings (SSSR count). The lowest BCUT2D eigenvalue weighted by atomic mass is 10.2. The van der Waals surface area contributed by atoms with E-state index in [2.05, 4.69) is 148 Å². The van der Waals surface area contributed by atoms with Gasteiger partial charge in [-0.05, 0) is 96.8 Å². The van der Waals surface area contributed by atoms with E-state index in [-0.39, 0.29) is 18.5 Å². The fourth-order valence-corrected chi connectivity index (χ4v) is 4.28. The number of allylic oxidation sites excluding steroid dienone is 24. The second-order valence-corrected chi connectivity index (χ2v) is 11.9. The van der Waals surface area contributed by atoms with Gasteiger partial charge in [-0.1, -0.05) is 160 Å². The van der Waals surface area contributed by atoms with Gasteiger partial charge in [-0.3, -0.25) is 9.59 Å². The van der Waals surface area contributed by atoms with Crippen LogP contribution in [0.25, 0.3) is 0 Å². The van der Waals surface area contributed by atoms with Crippen LogP contribution in [0.2, 0.25) is 0 Å². The van der Waals surface area contributed by atoms with Crippen LogP contribution in [-0.4, -0.2) is 24.6 Å². The lowest BCUT2D eigenvalue weighted by molar-refractivity contribution is -0.157. The fraction of sp³-hybridized carbons (Fsp3) is 0.447. The summed E-state index contributed by atoms with van der Waals surface area (Å²) in [5.74, 6) is -0.563. The van der Waals surface area contributed by atoms with Gasteiger partial charge in [0.05, 0.1) is 0 Å². The summed E-state index contributed by atoms with van der Waals surface area (Å²) in [7, 11) is 0. The van der Waals surface area contributed by atoms with E-state index in [4.69, 9.17) is 9.47 Å². The lowest BCUT2D eigenvalue weighted by Crippen LogP contribution is -2.22. The van der Waals surface area contributed by atoms with E-state index in [0.717, 1.165) is 77.0 Å². The van der Waals surface area contributed by atoms with E-state index in [1.165, 1.54) is 0 Å². The second kappa shape index (κ2) is 40.3. The predicted octanol–water partition coefficient (Wildman–Crippen LogP) is 13.4. The SMILES string of the molecule is CCC=CCC=CCC=CCC=CCC=CCC=CCCC(=O)OCC(C)OC(=O)CCC=CCC=CCC=CCC=CCC=CCC=CCC. The maximum absolute atomic E-state index is 12.1. The van der Waals surface area contributed by atoms with Crippen molar-refractivity contribution in [3.8, 4) is 0 Å². The van der Waals surface area contributed by atoms with Gasteiger partial charge in [0.15, 0.2) is 0 Å². The molecule has 4 heteroatoms. The first kappa shape index (κ1) is 46.8. The van der Waals surface area contributed by atoms with E-state index >= 15 is 0 Å². The standard InChI is InChI=1S/C47H68O4/c1-4-6-8-10-12-14-16-18-20-22-24-26-28-30-32-34-36-38-40-42-46(48)50-44-45(3)51-47(49)43-41-39-37-35-33-31-29-27-25-23-21-19-17-15-13-11-9-7-5-2/h6-9,12-15,18-21,24-27,30-33,36-39,45H,4-5,10-11,16-17,22-23,28-29,34-35,40-44H2,1-3H3. The van der Waals surface area contributed by atoms with Crippen molar-refractivity contribution in [3.63, 3.8) is 0 Å². The van der Waals surface area contributed by atoms with E-state index in [0.29, 0.717) is 25.7 Å². The molecule has 0 spiro atoms. The van der Waals surface area contributed by atoms with Crippen molar-refractivity contribution in [2.75, 3.05) is 6.61 Å². The highest BCUT2D eigenvalue weighted by atomic mass is 16.6. The molecule has 0 aromatic rings. The normalized spacial score (nSPS) is 13.9. The maximum atomic E-state index is 12.1. The zero-order valence-corrected chi connectivity index (χ0v) is 32.1. The maximum Gasteiger partial charge on any atom is 0.306 e. The van der Waals surface area contributed by atoms with Gasteiger partial charge in [0.1, 0.15) is 12.7 Å².